The summed E-state index contributed by atoms with van der Waals surface area (Å²) in [6, 6.07) is 0. The average molecular weight is 256 g/mol. The Bertz CT molecular complexity index is 278. The Kier molecular flexibility index (Phi) is 8.97. The van der Waals surface area contributed by atoms with E-state index in [9.17, 15) is 9.59 Å². The van der Waals surface area contributed by atoms with Crippen molar-refractivity contribution in [1.29, 1.82) is 0 Å². The number of carbonyl (C=O) groups is 2. The third-order valence-electron chi connectivity index (χ3n) is 2.53. The van der Waals surface area contributed by atoms with Gasteiger partial charge in [-0.3, -0.25) is 0 Å². The first kappa shape index (κ1) is 16.7. The monoisotopic (exact) mass is 256 g/mol. The number of hydrogen-bond acceptors (Lipinski definition) is 4. The summed E-state index contributed by atoms with van der Waals surface area (Å²) in [5.41, 5.74) is 0. The molecule has 0 rings (SSSR count). The second-order valence-corrected chi connectivity index (χ2v) is 4.67. The Hall–Kier alpha value is -1.32. The molecule has 0 amide bonds. The van der Waals surface area contributed by atoms with Crippen molar-refractivity contribution in [1.82, 2.24) is 0 Å². The van der Waals surface area contributed by atoms with Gasteiger partial charge < -0.3 is 9.47 Å². The number of hydrogen-bond donors (Lipinski definition) is 0. The van der Waals surface area contributed by atoms with Crippen molar-refractivity contribution in [2.75, 3.05) is 13.2 Å². The third-order valence-corrected chi connectivity index (χ3v) is 2.53. The average Bonchev–Trinajstić information content (AvgIpc) is 2.35. The molecule has 0 N–H and O–H groups in total. The topological polar surface area (TPSA) is 52.6 Å². The Morgan fingerprint density at radius 3 is 1.78 bits per heavy atom. The van der Waals surface area contributed by atoms with Crippen LogP contribution < -0.4 is 0 Å². The molecular weight excluding hydrogens is 232 g/mol. The SMILES string of the molecule is CCC(CC)COC(=O)/C=C/C(=O)OCC(C)C. The van der Waals surface area contributed by atoms with Crippen molar-refractivity contribution >= 4 is 11.9 Å². The van der Waals surface area contributed by atoms with Crippen LogP contribution in [-0.2, 0) is 19.1 Å². The van der Waals surface area contributed by atoms with E-state index in [4.69, 9.17) is 9.47 Å². The van der Waals surface area contributed by atoms with E-state index < -0.39 is 11.9 Å². The van der Waals surface area contributed by atoms with E-state index in [1.807, 2.05) is 13.8 Å². The highest BCUT2D eigenvalue weighted by Crippen LogP contribution is 2.07. The van der Waals surface area contributed by atoms with E-state index in [2.05, 4.69) is 13.8 Å². The molecule has 0 radical (unpaired) electrons. The fraction of sp³-hybridized carbons (Fsp3) is 0.714. The lowest BCUT2D eigenvalue weighted by molar-refractivity contribution is -0.141. The maximum atomic E-state index is 11.3. The van der Waals surface area contributed by atoms with Crippen LogP contribution in [0.25, 0.3) is 0 Å². The molecule has 0 atom stereocenters. The van der Waals surface area contributed by atoms with Gasteiger partial charge in [0.1, 0.15) is 0 Å². The molecule has 0 aromatic carbocycles. The number of esters is 2. The highest BCUT2D eigenvalue weighted by atomic mass is 16.5. The van der Waals surface area contributed by atoms with Gasteiger partial charge in [0.05, 0.1) is 13.2 Å². The normalized spacial score (nSPS) is 11.2. The van der Waals surface area contributed by atoms with Crippen LogP contribution in [0.15, 0.2) is 12.2 Å². The van der Waals surface area contributed by atoms with E-state index in [1.165, 1.54) is 0 Å². The minimum atomic E-state index is -0.511. The molecule has 0 aromatic heterocycles. The van der Waals surface area contributed by atoms with Crippen molar-refractivity contribution < 1.29 is 19.1 Å². The molecule has 4 heteroatoms. The zero-order valence-electron chi connectivity index (χ0n) is 11.8. The second kappa shape index (κ2) is 9.68. The minimum Gasteiger partial charge on any atom is -0.462 e. The Morgan fingerprint density at radius 2 is 1.39 bits per heavy atom. The predicted octanol–water partition coefficient (Wildman–Crippen LogP) is 2.72. The van der Waals surface area contributed by atoms with E-state index >= 15 is 0 Å². The summed E-state index contributed by atoms with van der Waals surface area (Å²) in [4.78, 5) is 22.5. The smallest absolute Gasteiger partial charge is 0.331 e. The molecule has 0 bridgehead atoms. The van der Waals surface area contributed by atoms with E-state index in [1.54, 1.807) is 0 Å². The summed E-state index contributed by atoms with van der Waals surface area (Å²) >= 11 is 0. The molecule has 0 fully saturated rings. The first-order valence-electron chi connectivity index (χ1n) is 6.51. The van der Waals surface area contributed by atoms with Crippen LogP contribution in [0, 0.1) is 11.8 Å². The number of carbonyl (C=O) groups excluding carboxylic acids is 2. The van der Waals surface area contributed by atoms with Gasteiger partial charge in [0.15, 0.2) is 0 Å². The van der Waals surface area contributed by atoms with Crippen molar-refractivity contribution in [3.63, 3.8) is 0 Å². The van der Waals surface area contributed by atoms with Crippen molar-refractivity contribution in [2.45, 2.75) is 40.5 Å². The summed E-state index contributed by atoms with van der Waals surface area (Å²) in [6.07, 6.45) is 4.18. The standard InChI is InChI=1S/C14H24O4/c1-5-12(6-2)10-18-14(16)8-7-13(15)17-9-11(3)4/h7-8,11-12H,5-6,9-10H2,1-4H3/b8-7+. The summed E-state index contributed by atoms with van der Waals surface area (Å²) < 4.78 is 9.92. The highest BCUT2D eigenvalue weighted by Gasteiger charge is 2.07. The Morgan fingerprint density at radius 1 is 0.944 bits per heavy atom. The molecule has 18 heavy (non-hydrogen) atoms. The van der Waals surface area contributed by atoms with Crippen molar-refractivity contribution in [3.8, 4) is 0 Å². The van der Waals surface area contributed by atoms with Crippen LogP contribution in [0.2, 0.25) is 0 Å². The Balaban J connectivity index is 3.89. The minimum absolute atomic E-state index is 0.282. The lowest BCUT2D eigenvalue weighted by atomic mass is 10.1. The third kappa shape index (κ3) is 8.79. The number of rotatable bonds is 8. The first-order valence-corrected chi connectivity index (χ1v) is 6.51. The molecule has 0 saturated carbocycles. The fourth-order valence-corrected chi connectivity index (χ4v) is 1.21. The molecule has 0 aliphatic carbocycles. The summed E-state index contributed by atoms with van der Waals surface area (Å²) in [5, 5.41) is 0. The zero-order valence-corrected chi connectivity index (χ0v) is 11.8. The van der Waals surface area contributed by atoms with Gasteiger partial charge in [-0.2, -0.15) is 0 Å². The molecule has 4 nitrogen and oxygen atoms in total. The molecular formula is C14H24O4. The van der Waals surface area contributed by atoms with Gasteiger partial charge in [-0.05, 0) is 11.8 Å². The summed E-state index contributed by atoms with van der Waals surface area (Å²) in [6.45, 7) is 8.76. The van der Waals surface area contributed by atoms with Gasteiger partial charge in [0.2, 0.25) is 0 Å². The first-order chi connectivity index (χ1) is 8.49. The van der Waals surface area contributed by atoms with Crippen LogP contribution in [0.3, 0.4) is 0 Å². The zero-order chi connectivity index (χ0) is 14.0. The highest BCUT2D eigenvalue weighted by molar-refractivity contribution is 5.91. The maximum Gasteiger partial charge on any atom is 0.331 e. The quantitative estimate of drug-likeness (QED) is 0.495. The lowest BCUT2D eigenvalue weighted by Crippen LogP contribution is -2.12. The molecule has 0 unspecified atom stereocenters. The summed E-state index contributed by atoms with van der Waals surface area (Å²) in [7, 11) is 0. The van der Waals surface area contributed by atoms with E-state index in [0.717, 1.165) is 25.0 Å². The van der Waals surface area contributed by atoms with Gasteiger partial charge in [-0.25, -0.2) is 9.59 Å². The predicted molar refractivity (Wildman–Crippen MR) is 70.0 cm³/mol. The molecule has 0 heterocycles. The van der Waals surface area contributed by atoms with Gasteiger partial charge in [-0.15, -0.1) is 0 Å². The van der Waals surface area contributed by atoms with E-state index in [0.29, 0.717) is 19.1 Å². The van der Waals surface area contributed by atoms with Gasteiger partial charge >= 0.3 is 11.9 Å². The number of ether oxygens (including phenoxy) is 2. The van der Waals surface area contributed by atoms with Crippen LogP contribution >= 0.6 is 0 Å². The van der Waals surface area contributed by atoms with Crippen molar-refractivity contribution in [3.05, 3.63) is 12.2 Å². The molecule has 0 aliphatic heterocycles. The van der Waals surface area contributed by atoms with E-state index in [-0.39, 0.29) is 5.92 Å². The second-order valence-electron chi connectivity index (χ2n) is 4.67. The molecule has 0 saturated heterocycles. The lowest BCUT2D eigenvalue weighted by Gasteiger charge is -2.11. The molecule has 0 aromatic rings. The van der Waals surface area contributed by atoms with Gasteiger partial charge in [-0.1, -0.05) is 40.5 Å². The Labute approximate surface area is 109 Å². The van der Waals surface area contributed by atoms with Crippen molar-refractivity contribution in [2.24, 2.45) is 11.8 Å². The van der Waals surface area contributed by atoms with Crippen LogP contribution in [-0.4, -0.2) is 25.2 Å². The van der Waals surface area contributed by atoms with Crippen LogP contribution in [0.4, 0.5) is 0 Å². The molecule has 0 spiro atoms. The van der Waals surface area contributed by atoms with Crippen LogP contribution in [0.1, 0.15) is 40.5 Å². The largest absolute Gasteiger partial charge is 0.462 e. The molecule has 0 aliphatic rings. The summed E-state index contributed by atoms with van der Waals surface area (Å²) in [5.74, 6) is -0.342. The maximum absolute atomic E-state index is 11.3. The fourth-order valence-electron chi connectivity index (χ4n) is 1.21. The van der Waals surface area contributed by atoms with Crippen LogP contribution in [0.5, 0.6) is 0 Å². The van der Waals surface area contributed by atoms with Gasteiger partial charge in [0.25, 0.3) is 0 Å². The van der Waals surface area contributed by atoms with Gasteiger partial charge in [0, 0.05) is 12.2 Å². The molecule has 104 valence electrons.